The smallest absolute Gasteiger partial charge is 0.278 e. The molecular weight excluding hydrogens is 576 g/mol. The van der Waals surface area contributed by atoms with Crippen LogP contribution in [0.4, 0.5) is 17.5 Å². The summed E-state index contributed by atoms with van der Waals surface area (Å²) < 4.78 is 17.2. The van der Waals surface area contributed by atoms with Crippen LogP contribution < -0.4 is 24.8 Å². The molecule has 2 N–H and O–H groups in total. The van der Waals surface area contributed by atoms with Crippen LogP contribution in [0.15, 0.2) is 46.0 Å². The predicted octanol–water partition coefficient (Wildman–Crippen LogP) is 4.59. The first-order valence-electron chi connectivity index (χ1n) is 13.1. The zero-order valence-electron chi connectivity index (χ0n) is 23.1. The number of carbonyl (C=O) groups excluding carboxylic acids is 1. The third-order valence-corrected chi connectivity index (χ3v) is 7.88. The number of aromatic nitrogens is 2. The molecule has 0 aliphatic carbocycles. The molecule has 2 aromatic carbocycles. The lowest BCUT2D eigenvalue weighted by Gasteiger charge is -2.33. The van der Waals surface area contributed by atoms with Crippen molar-refractivity contribution >= 4 is 45.0 Å². The maximum absolute atomic E-state index is 13.6. The second-order valence-electron chi connectivity index (χ2n) is 10.1. The Kier molecular flexibility index (Phi) is 8.22. The summed E-state index contributed by atoms with van der Waals surface area (Å²) in [7, 11) is 4.70. The van der Waals surface area contributed by atoms with Crippen LogP contribution in [0, 0.1) is 5.92 Å². The van der Waals surface area contributed by atoms with Crippen LogP contribution in [0.5, 0.6) is 17.2 Å². The number of nitrogen functional groups attached to an aromatic ring is 1. The highest BCUT2D eigenvalue weighted by Gasteiger charge is 2.36. The van der Waals surface area contributed by atoms with E-state index in [0.29, 0.717) is 47.5 Å². The molecule has 11 heteroatoms. The van der Waals surface area contributed by atoms with E-state index in [1.165, 1.54) is 0 Å². The van der Waals surface area contributed by atoms with Crippen molar-refractivity contribution in [3.8, 4) is 17.2 Å². The van der Waals surface area contributed by atoms with Crippen molar-refractivity contribution in [3.05, 3.63) is 57.7 Å². The average Bonchev–Trinajstić information content (AvgIpc) is 3.20. The summed E-state index contributed by atoms with van der Waals surface area (Å²) in [5, 5.41) is 0. The number of rotatable bonds is 8. The lowest BCUT2D eigenvalue weighted by molar-refractivity contribution is -0.112. The first-order chi connectivity index (χ1) is 19.3. The normalized spacial score (nSPS) is 16.9. The van der Waals surface area contributed by atoms with E-state index in [1.807, 2.05) is 30.3 Å². The van der Waals surface area contributed by atoms with E-state index in [1.54, 1.807) is 32.4 Å². The third-order valence-electron chi connectivity index (χ3n) is 7.39. The van der Waals surface area contributed by atoms with Crippen molar-refractivity contribution in [2.45, 2.75) is 26.2 Å². The van der Waals surface area contributed by atoms with E-state index in [0.717, 1.165) is 47.2 Å². The summed E-state index contributed by atoms with van der Waals surface area (Å²) in [6.45, 7) is 4.74. The number of likely N-dealkylation sites (tertiary alicyclic amines) is 1. The largest absolute Gasteiger partial charge is 0.493 e. The van der Waals surface area contributed by atoms with E-state index < -0.39 is 0 Å². The van der Waals surface area contributed by atoms with Gasteiger partial charge in [-0.1, -0.05) is 22.9 Å². The Hall–Kier alpha value is -3.70. The Morgan fingerprint density at radius 1 is 1.07 bits per heavy atom. The fourth-order valence-electron chi connectivity index (χ4n) is 5.10. The lowest BCUT2D eigenvalue weighted by Crippen LogP contribution is -2.44. The molecule has 3 heterocycles. The SMILES string of the molecule is COc1cc(Cc2cnc(/N=C3\C(=O)N(CN4CCC(C)CC4)c4ccc(Br)cc43)nc2N)cc(OC)c1OC. The Bertz CT molecular complexity index is 1430. The van der Waals surface area contributed by atoms with E-state index in [4.69, 9.17) is 19.9 Å². The van der Waals surface area contributed by atoms with E-state index >= 15 is 0 Å². The maximum atomic E-state index is 13.6. The van der Waals surface area contributed by atoms with Crippen LogP contribution in [0.1, 0.15) is 36.5 Å². The molecule has 1 amide bonds. The summed E-state index contributed by atoms with van der Waals surface area (Å²) in [6, 6.07) is 9.51. The average molecular weight is 610 g/mol. The molecule has 0 bridgehead atoms. The van der Waals surface area contributed by atoms with Crippen molar-refractivity contribution in [2.24, 2.45) is 10.9 Å². The number of methoxy groups -OCH3 is 3. The summed E-state index contributed by atoms with van der Waals surface area (Å²) in [5.41, 5.74) is 9.81. The number of ether oxygens (including phenoxy) is 3. The Morgan fingerprint density at radius 3 is 2.40 bits per heavy atom. The molecule has 0 spiro atoms. The van der Waals surface area contributed by atoms with Crippen molar-refractivity contribution in [3.63, 3.8) is 0 Å². The van der Waals surface area contributed by atoms with Gasteiger partial charge in [-0.15, -0.1) is 0 Å². The second-order valence-corrected chi connectivity index (χ2v) is 11.0. The van der Waals surface area contributed by atoms with E-state index in [2.05, 4.69) is 42.7 Å². The summed E-state index contributed by atoms with van der Waals surface area (Å²) in [4.78, 5) is 31.2. The number of amides is 1. The highest BCUT2D eigenvalue weighted by molar-refractivity contribution is 9.10. The Balaban J connectivity index is 1.41. The van der Waals surface area contributed by atoms with Gasteiger partial charge in [0.15, 0.2) is 11.5 Å². The van der Waals surface area contributed by atoms with Crippen LogP contribution in [0.2, 0.25) is 0 Å². The number of anilines is 2. The number of aliphatic imine (C=N–C) groups is 1. The zero-order valence-corrected chi connectivity index (χ0v) is 24.7. The first kappa shape index (κ1) is 27.9. The van der Waals surface area contributed by atoms with Crippen LogP contribution >= 0.6 is 15.9 Å². The Morgan fingerprint density at radius 2 is 1.77 bits per heavy atom. The Labute approximate surface area is 242 Å². The number of fused-ring (bicyclic) bond motifs is 1. The maximum Gasteiger partial charge on any atom is 0.278 e. The number of halogens is 1. The number of hydrogen-bond donors (Lipinski definition) is 1. The number of piperidine rings is 1. The van der Waals surface area contributed by atoms with Gasteiger partial charge in [-0.2, -0.15) is 4.98 Å². The quantitative estimate of drug-likeness (QED) is 0.395. The molecule has 2 aliphatic rings. The van der Waals surface area contributed by atoms with Crippen LogP contribution in [0.25, 0.3) is 0 Å². The van der Waals surface area contributed by atoms with E-state index in [-0.39, 0.29) is 17.7 Å². The fraction of sp³-hybridized carbons (Fsp3) is 0.379. The van der Waals surface area contributed by atoms with Gasteiger partial charge in [0, 0.05) is 41.3 Å². The number of carbonyl (C=O) groups is 1. The van der Waals surface area contributed by atoms with Crippen molar-refractivity contribution in [1.29, 1.82) is 0 Å². The highest BCUT2D eigenvalue weighted by Crippen LogP contribution is 2.39. The standard InChI is InChI=1S/C29H33BrN6O4/c1-17-7-9-35(10-8-17)16-36-22-6-5-20(30)14-21(22)25(28(36)37)33-29-32-15-19(27(31)34-29)11-18-12-23(38-2)26(40-4)24(13-18)39-3/h5-6,12-15,17H,7-11,16H2,1-4H3,(H2,31,32,34)/b33-25-. The van der Waals surface area contributed by atoms with Gasteiger partial charge >= 0.3 is 0 Å². The molecule has 5 rings (SSSR count). The monoisotopic (exact) mass is 608 g/mol. The van der Waals surface area contributed by atoms with Gasteiger partial charge in [-0.3, -0.25) is 14.6 Å². The molecule has 210 valence electrons. The number of nitrogens with zero attached hydrogens (tertiary/aromatic N) is 5. The molecule has 1 fully saturated rings. The minimum absolute atomic E-state index is 0.133. The number of hydrogen-bond acceptors (Lipinski definition) is 9. The molecule has 0 radical (unpaired) electrons. The molecule has 3 aromatic rings. The van der Waals surface area contributed by atoms with E-state index in [9.17, 15) is 4.79 Å². The molecule has 0 saturated carbocycles. The minimum atomic E-state index is -0.171. The van der Waals surface area contributed by atoms with Crippen molar-refractivity contribution in [1.82, 2.24) is 14.9 Å². The number of benzene rings is 2. The van der Waals surface area contributed by atoms with Gasteiger partial charge in [0.25, 0.3) is 11.9 Å². The number of nitrogens with two attached hydrogens (primary N) is 1. The molecule has 0 atom stereocenters. The molecule has 2 aliphatic heterocycles. The van der Waals surface area contributed by atoms with Gasteiger partial charge in [0.1, 0.15) is 11.5 Å². The molecule has 0 unspecified atom stereocenters. The summed E-state index contributed by atoms with van der Waals surface area (Å²) in [5.74, 6) is 2.57. The molecule has 40 heavy (non-hydrogen) atoms. The zero-order chi connectivity index (χ0) is 28.4. The minimum Gasteiger partial charge on any atom is -0.493 e. The molecular formula is C29H33BrN6O4. The van der Waals surface area contributed by atoms with Gasteiger partial charge in [-0.05, 0) is 54.7 Å². The first-order valence-corrected chi connectivity index (χ1v) is 13.9. The molecule has 1 saturated heterocycles. The summed E-state index contributed by atoms with van der Waals surface area (Å²) >= 11 is 3.53. The predicted molar refractivity (Wildman–Crippen MR) is 158 cm³/mol. The van der Waals surface area contributed by atoms with Crippen LogP contribution in [0.3, 0.4) is 0 Å². The second kappa shape index (κ2) is 11.8. The van der Waals surface area contributed by atoms with Crippen LogP contribution in [-0.2, 0) is 11.2 Å². The molecule has 1 aromatic heterocycles. The fourth-order valence-corrected chi connectivity index (χ4v) is 5.46. The third kappa shape index (κ3) is 5.62. The van der Waals surface area contributed by atoms with Gasteiger partial charge < -0.3 is 19.9 Å². The van der Waals surface area contributed by atoms with Gasteiger partial charge in [-0.25, -0.2) is 9.98 Å². The topological polar surface area (TPSA) is 115 Å². The van der Waals surface area contributed by atoms with Gasteiger partial charge in [0.2, 0.25) is 5.75 Å². The van der Waals surface area contributed by atoms with Crippen LogP contribution in [-0.4, -0.2) is 67.6 Å². The summed E-state index contributed by atoms with van der Waals surface area (Å²) in [6.07, 6.45) is 4.34. The van der Waals surface area contributed by atoms with Crippen molar-refractivity contribution < 1.29 is 19.0 Å². The highest BCUT2D eigenvalue weighted by atomic mass is 79.9. The van der Waals surface area contributed by atoms with Crippen molar-refractivity contribution in [2.75, 3.05) is 51.7 Å². The molecule has 10 nitrogen and oxygen atoms in total. The van der Waals surface area contributed by atoms with Gasteiger partial charge in [0.05, 0.1) is 33.7 Å². The lowest BCUT2D eigenvalue weighted by atomic mass is 10.00.